The molecule has 146 valence electrons. The molecule has 4 nitrogen and oxygen atoms in total. The topological polar surface area (TPSA) is 30.0 Å². The van der Waals surface area contributed by atoms with Crippen LogP contribution < -0.4 is 0 Å². The molecule has 1 atom stereocenters. The largest absolute Gasteiger partial charge is 0.390 e. The maximum Gasteiger partial charge on any atom is 0.0793 e. The number of aliphatic hydroxyl groups excluding tert-OH is 1. The third-order valence-corrected chi connectivity index (χ3v) is 5.28. The number of hydrogen-bond acceptors (Lipinski definition) is 4. The fourth-order valence-electron chi connectivity index (χ4n) is 3.70. The summed E-state index contributed by atoms with van der Waals surface area (Å²) in [6, 6.07) is 18.5. The molecule has 1 N–H and O–H groups in total. The van der Waals surface area contributed by atoms with Crippen molar-refractivity contribution >= 4 is 11.6 Å². The lowest BCUT2D eigenvalue weighted by Gasteiger charge is -2.36. The van der Waals surface area contributed by atoms with E-state index in [4.69, 9.17) is 11.6 Å². The normalized spacial score (nSPS) is 17.3. The maximum absolute atomic E-state index is 10.5. The summed E-state index contributed by atoms with van der Waals surface area (Å²) >= 11 is 6.08. The average Bonchev–Trinajstić information content (AvgIpc) is 2.64. The minimum absolute atomic E-state index is 0.321. The van der Waals surface area contributed by atoms with Gasteiger partial charge in [-0.2, -0.15) is 0 Å². The Morgan fingerprint density at radius 1 is 0.963 bits per heavy atom. The summed E-state index contributed by atoms with van der Waals surface area (Å²) in [5, 5.41) is 11.3. The van der Waals surface area contributed by atoms with Crippen LogP contribution in [0.15, 0.2) is 54.6 Å². The standard InChI is InChI=1S/C22H30ClN3O/c1-24(15-19-6-3-2-4-7-19)17-22(27)18-26-12-10-25(11-13-26)16-20-8-5-9-21(23)14-20/h2-9,14,22,27H,10-13,15-18H2,1H3. The van der Waals surface area contributed by atoms with Crippen molar-refractivity contribution in [3.63, 3.8) is 0 Å². The monoisotopic (exact) mass is 387 g/mol. The van der Waals surface area contributed by atoms with Gasteiger partial charge in [-0.25, -0.2) is 0 Å². The van der Waals surface area contributed by atoms with Gasteiger partial charge in [0, 0.05) is 57.4 Å². The lowest BCUT2D eigenvalue weighted by atomic mass is 10.2. The SMILES string of the molecule is CN(Cc1ccccc1)CC(O)CN1CCN(Cc2cccc(Cl)c2)CC1. The highest BCUT2D eigenvalue weighted by Gasteiger charge is 2.20. The first-order valence-corrected chi connectivity index (χ1v) is 10.1. The highest BCUT2D eigenvalue weighted by molar-refractivity contribution is 6.30. The van der Waals surface area contributed by atoms with Crippen molar-refractivity contribution in [2.45, 2.75) is 19.2 Å². The van der Waals surface area contributed by atoms with E-state index in [1.165, 1.54) is 11.1 Å². The molecule has 1 fully saturated rings. The number of hydrogen-bond donors (Lipinski definition) is 1. The van der Waals surface area contributed by atoms with Crippen molar-refractivity contribution in [3.8, 4) is 0 Å². The van der Waals surface area contributed by atoms with E-state index in [1.807, 2.05) is 24.3 Å². The molecule has 27 heavy (non-hydrogen) atoms. The molecule has 0 amide bonds. The number of aliphatic hydroxyl groups is 1. The van der Waals surface area contributed by atoms with Crippen LogP contribution in [0.4, 0.5) is 0 Å². The van der Waals surface area contributed by atoms with E-state index >= 15 is 0 Å². The third-order valence-electron chi connectivity index (χ3n) is 5.05. The van der Waals surface area contributed by atoms with Gasteiger partial charge in [0.1, 0.15) is 0 Å². The first-order valence-electron chi connectivity index (χ1n) is 9.68. The van der Waals surface area contributed by atoms with Crippen LogP contribution in [0.2, 0.25) is 5.02 Å². The molecular weight excluding hydrogens is 358 g/mol. The second-order valence-electron chi connectivity index (χ2n) is 7.54. The minimum Gasteiger partial charge on any atom is -0.390 e. The molecule has 1 aliphatic heterocycles. The number of nitrogens with zero attached hydrogens (tertiary/aromatic N) is 3. The van der Waals surface area contributed by atoms with E-state index in [0.717, 1.165) is 50.8 Å². The molecule has 1 aliphatic rings. The van der Waals surface area contributed by atoms with Crippen molar-refractivity contribution < 1.29 is 5.11 Å². The lowest BCUT2D eigenvalue weighted by Crippen LogP contribution is -2.49. The minimum atomic E-state index is -0.321. The first kappa shape index (κ1) is 20.3. The van der Waals surface area contributed by atoms with Gasteiger partial charge in [0.05, 0.1) is 6.10 Å². The van der Waals surface area contributed by atoms with Gasteiger partial charge in [0.2, 0.25) is 0 Å². The van der Waals surface area contributed by atoms with Crippen LogP contribution in [0.3, 0.4) is 0 Å². The maximum atomic E-state index is 10.5. The zero-order valence-corrected chi connectivity index (χ0v) is 16.9. The van der Waals surface area contributed by atoms with Crippen molar-refractivity contribution in [1.29, 1.82) is 0 Å². The Balaban J connectivity index is 1.37. The number of likely N-dealkylation sites (N-methyl/N-ethyl adjacent to an activating group) is 1. The summed E-state index contributed by atoms with van der Waals surface area (Å²) < 4.78 is 0. The van der Waals surface area contributed by atoms with Gasteiger partial charge < -0.3 is 5.11 Å². The van der Waals surface area contributed by atoms with Crippen LogP contribution in [0.25, 0.3) is 0 Å². The highest BCUT2D eigenvalue weighted by Crippen LogP contribution is 2.14. The van der Waals surface area contributed by atoms with Gasteiger partial charge >= 0.3 is 0 Å². The summed E-state index contributed by atoms with van der Waals surface area (Å²) in [6.45, 7) is 7.29. The van der Waals surface area contributed by atoms with Gasteiger partial charge in [-0.3, -0.25) is 14.7 Å². The summed E-state index contributed by atoms with van der Waals surface area (Å²) in [7, 11) is 2.07. The predicted molar refractivity (Wildman–Crippen MR) is 112 cm³/mol. The quantitative estimate of drug-likeness (QED) is 0.754. The van der Waals surface area contributed by atoms with E-state index < -0.39 is 0 Å². The molecule has 0 spiro atoms. The summed E-state index contributed by atoms with van der Waals surface area (Å²) in [6.07, 6.45) is -0.321. The fourth-order valence-corrected chi connectivity index (χ4v) is 3.91. The summed E-state index contributed by atoms with van der Waals surface area (Å²) in [5.74, 6) is 0. The van der Waals surface area contributed by atoms with E-state index in [1.54, 1.807) is 0 Å². The number of piperazine rings is 1. The van der Waals surface area contributed by atoms with Gasteiger partial charge in [-0.05, 0) is 30.3 Å². The molecule has 0 aliphatic carbocycles. The Morgan fingerprint density at radius 2 is 1.63 bits per heavy atom. The van der Waals surface area contributed by atoms with Crippen LogP contribution >= 0.6 is 11.6 Å². The molecule has 0 bridgehead atoms. The summed E-state index contributed by atoms with van der Waals surface area (Å²) in [5.41, 5.74) is 2.54. The fraction of sp³-hybridized carbons (Fsp3) is 0.455. The van der Waals surface area contributed by atoms with Crippen LogP contribution in [0.1, 0.15) is 11.1 Å². The molecule has 1 unspecified atom stereocenters. The average molecular weight is 388 g/mol. The molecule has 2 aromatic rings. The smallest absolute Gasteiger partial charge is 0.0793 e. The second-order valence-corrected chi connectivity index (χ2v) is 7.98. The van der Waals surface area contributed by atoms with Crippen LogP contribution in [-0.4, -0.2) is 72.2 Å². The van der Waals surface area contributed by atoms with E-state index in [0.29, 0.717) is 6.54 Å². The molecule has 5 heteroatoms. The van der Waals surface area contributed by atoms with Crippen molar-refractivity contribution in [2.24, 2.45) is 0 Å². The Labute approximate surface area is 168 Å². The second kappa shape index (κ2) is 10.2. The van der Waals surface area contributed by atoms with Gasteiger partial charge in [0.25, 0.3) is 0 Å². The lowest BCUT2D eigenvalue weighted by molar-refractivity contribution is 0.0525. The summed E-state index contributed by atoms with van der Waals surface area (Å²) in [4.78, 5) is 7.01. The zero-order valence-electron chi connectivity index (χ0n) is 16.1. The highest BCUT2D eigenvalue weighted by atomic mass is 35.5. The van der Waals surface area contributed by atoms with Crippen molar-refractivity contribution in [2.75, 3.05) is 46.3 Å². The number of halogens is 1. The molecule has 0 saturated carbocycles. The third kappa shape index (κ3) is 6.91. The van der Waals surface area contributed by atoms with Crippen LogP contribution in [-0.2, 0) is 13.1 Å². The molecule has 2 aromatic carbocycles. The van der Waals surface area contributed by atoms with Crippen LogP contribution in [0.5, 0.6) is 0 Å². The molecular formula is C22H30ClN3O. The van der Waals surface area contributed by atoms with E-state index in [-0.39, 0.29) is 6.10 Å². The van der Waals surface area contributed by atoms with Crippen molar-refractivity contribution in [3.05, 3.63) is 70.7 Å². The molecule has 0 aromatic heterocycles. The number of benzene rings is 2. The van der Waals surface area contributed by atoms with Crippen molar-refractivity contribution in [1.82, 2.24) is 14.7 Å². The Morgan fingerprint density at radius 3 is 2.33 bits per heavy atom. The Hall–Kier alpha value is -1.43. The van der Waals surface area contributed by atoms with Gasteiger partial charge in [0.15, 0.2) is 0 Å². The molecule has 1 saturated heterocycles. The Bertz CT molecular complexity index is 689. The van der Waals surface area contributed by atoms with Crippen LogP contribution in [0, 0.1) is 0 Å². The molecule has 3 rings (SSSR count). The van der Waals surface area contributed by atoms with Gasteiger partial charge in [-0.1, -0.05) is 54.1 Å². The molecule has 1 heterocycles. The number of β-amino-alcohol motifs (C(OH)–C–C–N with tert-alkyl or cyclic N) is 1. The number of rotatable bonds is 8. The first-order chi connectivity index (χ1) is 13.1. The zero-order chi connectivity index (χ0) is 19.1. The van der Waals surface area contributed by atoms with E-state index in [9.17, 15) is 5.11 Å². The Kier molecular flexibility index (Phi) is 7.68. The predicted octanol–water partition coefficient (Wildman–Crippen LogP) is 2.95. The van der Waals surface area contributed by atoms with E-state index in [2.05, 4.69) is 52.1 Å². The van der Waals surface area contributed by atoms with Gasteiger partial charge in [-0.15, -0.1) is 0 Å². The molecule has 0 radical (unpaired) electrons.